The maximum absolute atomic E-state index is 11.9. The average molecular weight is 621 g/mol. The van der Waals surface area contributed by atoms with Crippen molar-refractivity contribution in [2.45, 2.75) is 46.3 Å². The van der Waals surface area contributed by atoms with Crippen LogP contribution in [0, 0.1) is 6.92 Å². The maximum Gasteiger partial charge on any atom is 0.189 e. The molecule has 1 N–H and O–H groups in total. The fourth-order valence-electron chi connectivity index (χ4n) is 5.10. The lowest BCUT2D eigenvalue weighted by atomic mass is 9.85. The summed E-state index contributed by atoms with van der Waals surface area (Å²) in [6, 6.07) is 40.2. The van der Waals surface area contributed by atoms with Gasteiger partial charge in [0.1, 0.15) is 17.2 Å². The first kappa shape index (κ1) is 32.2. The Labute approximate surface area is 268 Å². The van der Waals surface area contributed by atoms with Crippen molar-refractivity contribution >= 4 is 23.8 Å². The van der Waals surface area contributed by atoms with Gasteiger partial charge in [-0.2, -0.15) is 0 Å². The van der Waals surface area contributed by atoms with Crippen molar-refractivity contribution in [3.63, 3.8) is 0 Å². The second-order valence-corrected chi connectivity index (χ2v) is 14.0. The van der Waals surface area contributed by atoms with Gasteiger partial charge in [0.05, 0.1) is 13.2 Å². The van der Waals surface area contributed by atoms with Gasteiger partial charge < -0.3 is 24.1 Å². The van der Waals surface area contributed by atoms with Crippen molar-refractivity contribution < 1.29 is 24.1 Å². The Bertz CT molecular complexity index is 1570. The van der Waals surface area contributed by atoms with E-state index in [9.17, 15) is 5.11 Å². The van der Waals surface area contributed by atoms with Crippen LogP contribution in [-0.2, 0) is 28.1 Å². The van der Waals surface area contributed by atoms with E-state index < -0.39 is 7.92 Å². The number of hydrogen-bond acceptors (Lipinski definition) is 5. The van der Waals surface area contributed by atoms with E-state index in [2.05, 4.69) is 52.0 Å². The fourth-order valence-corrected chi connectivity index (χ4v) is 7.73. The van der Waals surface area contributed by atoms with Gasteiger partial charge in [-0.1, -0.05) is 124 Å². The van der Waals surface area contributed by atoms with E-state index in [4.69, 9.17) is 18.9 Å². The van der Waals surface area contributed by atoms with Gasteiger partial charge in [-0.3, -0.25) is 0 Å². The number of phenols is 1. The zero-order chi connectivity index (χ0) is 31.6. The second-order valence-electron chi connectivity index (χ2n) is 11.9. The van der Waals surface area contributed by atoms with E-state index in [0.29, 0.717) is 30.5 Å². The van der Waals surface area contributed by atoms with Gasteiger partial charge in [-0.25, -0.2) is 0 Å². The standard InChI is InChI=1S/C39H41O5P/c1-29-23-32(39(2,3)4)38(40)37(24-29)45(35-21-13-11-19-33(35)43-27-41-25-30-15-7-5-8-16-30)36-22-14-12-20-34(36)44-28-42-26-31-17-9-6-10-18-31/h5-24,40H,25-28H2,1-4H3. The van der Waals surface area contributed by atoms with Crippen molar-refractivity contribution in [1.29, 1.82) is 0 Å². The smallest absolute Gasteiger partial charge is 0.189 e. The quantitative estimate of drug-likeness (QED) is 0.0825. The van der Waals surface area contributed by atoms with Crippen molar-refractivity contribution in [3.8, 4) is 17.2 Å². The van der Waals surface area contributed by atoms with Crippen LogP contribution in [0.15, 0.2) is 121 Å². The number of benzene rings is 5. The molecular formula is C39H41O5P. The van der Waals surface area contributed by atoms with Crippen molar-refractivity contribution in [2.75, 3.05) is 13.6 Å². The molecule has 0 heterocycles. The summed E-state index contributed by atoms with van der Waals surface area (Å²) >= 11 is 0. The number of para-hydroxylation sites is 2. The van der Waals surface area contributed by atoms with Crippen LogP contribution in [0.1, 0.15) is 43.0 Å². The lowest BCUT2D eigenvalue weighted by Gasteiger charge is -2.28. The Morgan fingerprint density at radius 3 is 1.49 bits per heavy atom. The highest BCUT2D eigenvalue weighted by molar-refractivity contribution is 7.80. The van der Waals surface area contributed by atoms with Gasteiger partial charge in [0, 0.05) is 21.5 Å². The highest BCUT2D eigenvalue weighted by Crippen LogP contribution is 2.44. The Morgan fingerprint density at radius 1 is 0.578 bits per heavy atom. The molecule has 0 bridgehead atoms. The van der Waals surface area contributed by atoms with Gasteiger partial charge in [0.15, 0.2) is 13.6 Å². The molecule has 0 fully saturated rings. The number of aromatic hydroxyl groups is 1. The minimum atomic E-state index is -1.33. The highest BCUT2D eigenvalue weighted by Gasteiger charge is 2.30. The number of rotatable bonds is 13. The van der Waals surface area contributed by atoms with Gasteiger partial charge in [0.25, 0.3) is 0 Å². The van der Waals surface area contributed by atoms with Crippen molar-refractivity contribution in [2.24, 2.45) is 0 Å². The molecular weight excluding hydrogens is 579 g/mol. The fraction of sp³-hybridized carbons (Fsp3) is 0.231. The molecule has 45 heavy (non-hydrogen) atoms. The lowest BCUT2D eigenvalue weighted by molar-refractivity contribution is 0.00562. The predicted molar refractivity (Wildman–Crippen MR) is 184 cm³/mol. The molecule has 0 spiro atoms. The minimum Gasteiger partial charge on any atom is -0.507 e. The van der Waals surface area contributed by atoms with E-state index in [1.807, 2.05) is 97.1 Å². The summed E-state index contributed by atoms with van der Waals surface area (Å²) in [4.78, 5) is 0. The third-order valence-corrected chi connectivity index (χ3v) is 9.84. The summed E-state index contributed by atoms with van der Waals surface area (Å²) in [6.07, 6.45) is 0. The molecule has 0 aliphatic heterocycles. The summed E-state index contributed by atoms with van der Waals surface area (Å²) in [5, 5.41) is 14.6. The lowest BCUT2D eigenvalue weighted by Crippen LogP contribution is -2.26. The van der Waals surface area contributed by atoms with Gasteiger partial charge in [0.2, 0.25) is 0 Å². The SMILES string of the molecule is Cc1cc(P(c2ccccc2OCOCc2ccccc2)c2ccccc2OCOCc2ccccc2)c(O)c(C(C)(C)C)c1. The Kier molecular flexibility index (Phi) is 10.9. The Morgan fingerprint density at radius 2 is 1.02 bits per heavy atom. The minimum absolute atomic E-state index is 0.0909. The number of aryl methyl sites for hydroxylation is 1. The largest absolute Gasteiger partial charge is 0.507 e. The first-order valence-electron chi connectivity index (χ1n) is 15.1. The molecule has 0 radical (unpaired) electrons. The molecule has 0 saturated heterocycles. The van der Waals surface area contributed by atoms with Crippen LogP contribution in [0.25, 0.3) is 0 Å². The molecule has 0 atom stereocenters. The monoisotopic (exact) mass is 620 g/mol. The van der Waals surface area contributed by atoms with Crippen LogP contribution >= 0.6 is 7.92 Å². The van der Waals surface area contributed by atoms with Crippen LogP contribution < -0.4 is 25.4 Å². The van der Waals surface area contributed by atoms with E-state index in [1.54, 1.807) is 0 Å². The van der Waals surface area contributed by atoms with Crippen molar-refractivity contribution in [1.82, 2.24) is 0 Å². The molecule has 0 aliphatic rings. The third-order valence-electron chi connectivity index (χ3n) is 7.31. The predicted octanol–water partition coefficient (Wildman–Crippen LogP) is 7.86. The summed E-state index contributed by atoms with van der Waals surface area (Å²) in [7, 11) is -1.33. The number of hydrogen-bond donors (Lipinski definition) is 1. The van der Waals surface area contributed by atoms with Crippen LogP contribution in [-0.4, -0.2) is 18.7 Å². The van der Waals surface area contributed by atoms with Crippen LogP contribution in [0.4, 0.5) is 0 Å². The first-order chi connectivity index (χ1) is 21.8. The Hall–Kier alpha value is -4.15. The zero-order valence-corrected chi connectivity index (χ0v) is 27.3. The first-order valence-corrected chi connectivity index (χ1v) is 16.5. The summed E-state index contributed by atoms with van der Waals surface area (Å²) in [6.45, 7) is 9.52. The molecule has 0 saturated carbocycles. The average Bonchev–Trinajstić information content (AvgIpc) is 3.04. The molecule has 0 amide bonds. The molecule has 5 aromatic carbocycles. The molecule has 0 aromatic heterocycles. The highest BCUT2D eigenvalue weighted by atomic mass is 31.1. The zero-order valence-electron chi connectivity index (χ0n) is 26.4. The van der Waals surface area contributed by atoms with E-state index >= 15 is 0 Å². The molecule has 5 rings (SSSR count). The van der Waals surface area contributed by atoms with E-state index in [0.717, 1.165) is 38.2 Å². The Balaban J connectivity index is 1.50. The van der Waals surface area contributed by atoms with Crippen LogP contribution in [0.2, 0.25) is 0 Å². The summed E-state index contributed by atoms with van der Waals surface area (Å²) in [5.41, 5.74) is 3.89. The summed E-state index contributed by atoms with van der Waals surface area (Å²) in [5.74, 6) is 1.69. The molecule has 5 nitrogen and oxygen atoms in total. The number of ether oxygens (including phenoxy) is 4. The molecule has 0 unspecified atom stereocenters. The normalized spacial score (nSPS) is 11.5. The van der Waals surface area contributed by atoms with Gasteiger partial charge in [-0.15, -0.1) is 0 Å². The molecule has 5 aromatic rings. The molecule has 0 aliphatic carbocycles. The topological polar surface area (TPSA) is 57.2 Å². The van der Waals surface area contributed by atoms with Crippen LogP contribution in [0.3, 0.4) is 0 Å². The van der Waals surface area contributed by atoms with Gasteiger partial charge in [-0.05, 0) is 55.1 Å². The van der Waals surface area contributed by atoms with E-state index in [-0.39, 0.29) is 19.0 Å². The second kappa shape index (κ2) is 15.2. The summed E-state index contributed by atoms with van der Waals surface area (Å²) < 4.78 is 24.4. The molecule has 232 valence electrons. The van der Waals surface area contributed by atoms with E-state index in [1.165, 1.54) is 0 Å². The van der Waals surface area contributed by atoms with Crippen LogP contribution in [0.5, 0.6) is 17.2 Å². The maximum atomic E-state index is 11.9. The van der Waals surface area contributed by atoms with Gasteiger partial charge >= 0.3 is 0 Å². The third kappa shape index (κ3) is 8.52. The molecule has 6 heteroatoms. The number of phenolic OH excluding ortho intramolecular Hbond substituents is 1. The van der Waals surface area contributed by atoms with Crippen molar-refractivity contribution in [3.05, 3.63) is 144 Å².